The third kappa shape index (κ3) is 3.48. The summed E-state index contributed by atoms with van der Waals surface area (Å²) in [7, 11) is 0. The molecule has 0 bridgehead atoms. The van der Waals surface area contributed by atoms with Gasteiger partial charge >= 0.3 is 0 Å². The molecule has 0 radical (unpaired) electrons. The van der Waals surface area contributed by atoms with Crippen molar-refractivity contribution in [1.82, 2.24) is 10.6 Å². The first-order valence-corrected chi connectivity index (χ1v) is 7.75. The molecule has 1 heterocycles. The van der Waals surface area contributed by atoms with Crippen molar-refractivity contribution in [1.29, 1.82) is 0 Å². The topological polar surface area (TPSA) is 84.3 Å². The molecule has 1 spiro atoms. The van der Waals surface area contributed by atoms with Crippen LogP contribution in [0.25, 0.3) is 0 Å². The summed E-state index contributed by atoms with van der Waals surface area (Å²) in [6, 6.07) is 4.99. The standard InChI is InChI=1S/C16H21N3O3.ClH/c1-11-12(3-2-4-14(11)19(21)22)10-18-15(20)13-9-16(13)5-7-17-8-6-16;/h2-4,13,17H,5-10H2,1H3,(H,18,20);1H. The molecule has 2 aliphatic rings. The Morgan fingerprint density at radius 3 is 2.78 bits per heavy atom. The molecule has 1 saturated heterocycles. The molecule has 1 aromatic rings. The fourth-order valence-corrected chi connectivity index (χ4v) is 3.56. The van der Waals surface area contributed by atoms with E-state index in [0.29, 0.717) is 12.1 Å². The molecule has 126 valence electrons. The summed E-state index contributed by atoms with van der Waals surface area (Å²) in [6.45, 7) is 4.07. The van der Waals surface area contributed by atoms with Crippen LogP contribution in [0.15, 0.2) is 18.2 Å². The van der Waals surface area contributed by atoms with Crippen molar-refractivity contribution in [3.63, 3.8) is 0 Å². The highest BCUT2D eigenvalue weighted by molar-refractivity contribution is 5.85. The third-order valence-corrected chi connectivity index (χ3v) is 5.17. The summed E-state index contributed by atoms with van der Waals surface area (Å²) in [5, 5.41) is 17.2. The summed E-state index contributed by atoms with van der Waals surface area (Å²) in [5.74, 6) is 0.210. The molecule has 3 rings (SSSR count). The molecule has 1 aliphatic heterocycles. The highest BCUT2D eigenvalue weighted by atomic mass is 35.5. The highest BCUT2D eigenvalue weighted by Gasteiger charge is 2.57. The van der Waals surface area contributed by atoms with Crippen molar-refractivity contribution in [2.24, 2.45) is 11.3 Å². The van der Waals surface area contributed by atoms with Crippen molar-refractivity contribution in [3.8, 4) is 0 Å². The molecular weight excluding hydrogens is 318 g/mol. The van der Waals surface area contributed by atoms with Gasteiger partial charge in [0, 0.05) is 24.1 Å². The predicted octanol–water partition coefficient (Wildman–Crippen LogP) is 2.33. The van der Waals surface area contributed by atoms with Crippen LogP contribution in [-0.2, 0) is 11.3 Å². The zero-order valence-electron chi connectivity index (χ0n) is 13.1. The number of hydrogen-bond donors (Lipinski definition) is 2. The fraction of sp³-hybridized carbons (Fsp3) is 0.562. The quantitative estimate of drug-likeness (QED) is 0.651. The zero-order chi connectivity index (χ0) is 15.7. The second-order valence-corrected chi connectivity index (χ2v) is 6.41. The number of benzene rings is 1. The average Bonchev–Trinajstić information content (AvgIpc) is 3.19. The van der Waals surface area contributed by atoms with Crippen LogP contribution in [0.1, 0.15) is 30.4 Å². The second-order valence-electron chi connectivity index (χ2n) is 6.41. The Labute approximate surface area is 141 Å². The number of halogens is 1. The van der Waals surface area contributed by atoms with Gasteiger partial charge in [0.1, 0.15) is 0 Å². The van der Waals surface area contributed by atoms with E-state index in [-0.39, 0.29) is 40.3 Å². The number of nitro benzene ring substituents is 1. The Morgan fingerprint density at radius 2 is 2.13 bits per heavy atom. The largest absolute Gasteiger partial charge is 0.352 e. The molecule has 1 saturated carbocycles. The van der Waals surface area contributed by atoms with E-state index in [1.54, 1.807) is 13.0 Å². The number of carbonyl (C=O) groups is 1. The van der Waals surface area contributed by atoms with E-state index in [1.807, 2.05) is 6.07 Å². The van der Waals surface area contributed by atoms with Gasteiger partial charge in [0.2, 0.25) is 5.91 Å². The maximum atomic E-state index is 12.3. The van der Waals surface area contributed by atoms with Crippen LogP contribution < -0.4 is 10.6 Å². The highest BCUT2D eigenvalue weighted by Crippen LogP contribution is 2.58. The molecule has 2 N–H and O–H groups in total. The van der Waals surface area contributed by atoms with Crippen LogP contribution in [0.2, 0.25) is 0 Å². The lowest BCUT2D eigenvalue weighted by Gasteiger charge is -2.23. The number of piperidine rings is 1. The molecular formula is C16H22ClN3O3. The first-order chi connectivity index (χ1) is 10.5. The molecule has 1 aliphatic carbocycles. The molecule has 1 amide bonds. The minimum absolute atomic E-state index is 0. The van der Waals surface area contributed by atoms with Gasteiger partial charge in [0.15, 0.2) is 0 Å². The maximum Gasteiger partial charge on any atom is 0.272 e. The summed E-state index contributed by atoms with van der Waals surface area (Å²) in [6.07, 6.45) is 3.12. The normalized spacial score (nSPS) is 21.3. The molecule has 6 nitrogen and oxygen atoms in total. The first kappa shape index (κ1) is 17.7. The smallest absolute Gasteiger partial charge is 0.272 e. The van der Waals surface area contributed by atoms with Crippen molar-refractivity contribution >= 4 is 24.0 Å². The molecule has 2 fully saturated rings. The molecule has 1 atom stereocenters. The average molecular weight is 340 g/mol. The van der Waals surface area contributed by atoms with E-state index in [1.165, 1.54) is 6.07 Å². The SMILES string of the molecule is Cc1c(CNC(=O)C2CC23CCNCC3)cccc1[N+](=O)[O-].Cl. The number of nitro groups is 1. The Bertz CT molecular complexity index is 615. The van der Waals surface area contributed by atoms with E-state index in [4.69, 9.17) is 0 Å². The van der Waals surface area contributed by atoms with Gasteiger partial charge in [0.05, 0.1) is 4.92 Å². The van der Waals surface area contributed by atoms with Crippen LogP contribution in [0, 0.1) is 28.4 Å². The zero-order valence-corrected chi connectivity index (χ0v) is 13.9. The Hall–Kier alpha value is -1.66. The molecule has 7 heteroatoms. The number of nitrogens with one attached hydrogen (secondary N) is 2. The van der Waals surface area contributed by atoms with Crippen molar-refractivity contribution in [2.45, 2.75) is 32.7 Å². The Kier molecular flexibility index (Phi) is 5.26. The summed E-state index contributed by atoms with van der Waals surface area (Å²) >= 11 is 0. The van der Waals surface area contributed by atoms with Gasteiger partial charge in [-0.25, -0.2) is 0 Å². The Balaban J connectivity index is 0.00000192. The van der Waals surface area contributed by atoms with Gasteiger partial charge in [-0.05, 0) is 50.3 Å². The lowest BCUT2D eigenvalue weighted by atomic mass is 9.92. The second kappa shape index (κ2) is 6.84. The van der Waals surface area contributed by atoms with Crippen LogP contribution in [0.5, 0.6) is 0 Å². The summed E-state index contributed by atoms with van der Waals surface area (Å²) in [4.78, 5) is 22.9. The van der Waals surface area contributed by atoms with Gasteiger partial charge < -0.3 is 10.6 Å². The van der Waals surface area contributed by atoms with E-state index < -0.39 is 0 Å². The molecule has 1 aromatic carbocycles. The molecule has 0 aromatic heterocycles. The number of nitrogens with zero attached hydrogens (tertiary/aromatic N) is 1. The van der Waals surface area contributed by atoms with Crippen LogP contribution in [-0.4, -0.2) is 23.9 Å². The van der Waals surface area contributed by atoms with E-state index >= 15 is 0 Å². The first-order valence-electron chi connectivity index (χ1n) is 7.75. The summed E-state index contributed by atoms with van der Waals surface area (Å²) < 4.78 is 0. The lowest BCUT2D eigenvalue weighted by Crippen LogP contribution is -2.33. The van der Waals surface area contributed by atoms with E-state index in [2.05, 4.69) is 10.6 Å². The summed E-state index contributed by atoms with van der Waals surface area (Å²) in [5.41, 5.74) is 1.75. The predicted molar refractivity (Wildman–Crippen MR) is 89.6 cm³/mol. The fourth-order valence-electron chi connectivity index (χ4n) is 3.56. The van der Waals surface area contributed by atoms with Gasteiger partial charge in [-0.1, -0.05) is 12.1 Å². The van der Waals surface area contributed by atoms with Crippen LogP contribution in [0.4, 0.5) is 5.69 Å². The molecule has 23 heavy (non-hydrogen) atoms. The number of carbonyl (C=O) groups excluding carboxylic acids is 1. The van der Waals surface area contributed by atoms with E-state index in [0.717, 1.165) is 37.9 Å². The van der Waals surface area contributed by atoms with Crippen molar-refractivity contribution in [2.75, 3.05) is 13.1 Å². The minimum atomic E-state index is -0.383. The molecule has 1 unspecified atom stereocenters. The maximum absolute atomic E-state index is 12.3. The minimum Gasteiger partial charge on any atom is -0.352 e. The van der Waals surface area contributed by atoms with E-state index in [9.17, 15) is 14.9 Å². The number of rotatable bonds is 4. The lowest BCUT2D eigenvalue weighted by molar-refractivity contribution is -0.385. The van der Waals surface area contributed by atoms with Crippen molar-refractivity contribution in [3.05, 3.63) is 39.4 Å². The van der Waals surface area contributed by atoms with Gasteiger partial charge in [-0.15, -0.1) is 12.4 Å². The van der Waals surface area contributed by atoms with Gasteiger partial charge in [0.25, 0.3) is 5.69 Å². The number of amides is 1. The Morgan fingerprint density at radius 1 is 1.43 bits per heavy atom. The van der Waals surface area contributed by atoms with Gasteiger partial charge in [-0.2, -0.15) is 0 Å². The monoisotopic (exact) mass is 339 g/mol. The van der Waals surface area contributed by atoms with Crippen molar-refractivity contribution < 1.29 is 9.72 Å². The van der Waals surface area contributed by atoms with Gasteiger partial charge in [-0.3, -0.25) is 14.9 Å². The van der Waals surface area contributed by atoms with Crippen LogP contribution in [0.3, 0.4) is 0 Å². The van der Waals surface area contributed by atoms with Crippen LogP contribution >= 0.6 is 12.4 Å². The number of hydrogen-bond acceptors (Lipinski definition) is 4. The third-order valence-electron chi connectivity index (χ3n) is 5.17.